The summed E-state index contributed by atoms with van der Waals surface area (Å²) in [5.74, 6) is -1.22. The van der Waals surface area contributed by atoms with Crippen molar-refractivity contribution in [1.29, 1.82) is 0 Å². The predicted molar refractivity (Wildman–Crippen MR) is 72.9 cm³/mol. The number of aliphatic carboxylic acids is 1. The van der Waals surface area contributed by atoms with Crippen LogP contribution in [0.4, 0.5) is 0 Å². The van der Waals surface area contributed by atoms with Crippen molar-refractivity contribution in [3.63, 3.8) is 0 Å². The molecule has 2 fully saturated rings. The molecule has 108 valence electrons. The van der Waals surface area contributed by atoms with Gasteiger partial charge in [0.05, 0.1) is 10.8 Å². The van der Waals surface area contributed by atoms with Gasteiger partial charge in [0.15, 0.2) is 9.84 Å². The Labute approximate surface area is 117 Å². The highest BCUT2D eigenvalue weighted by Gasteiger charge is 2.61. The first-order valence-corrected chi connectivity index (χ1v) is 8.17. The normalized spacial score (nSPS) is 32.5. The number of rotatable bonds is 3. The summed E-state index contributed by atoms with van der Waals surface area (Å²) in [4.78, 5) is 11.3. The van der Waals surface area contributed by atoms with Gasteiger partial charge < -0.3 is 5.11 Å². The van der Waals surface area contributed by atoms with Gasteiger partial charge in [0.2, 0.25) is 0 Å². The van der Waals surface area contributed by atoms with E-state index in [9.17, 15) is 13.2 Å². The largest absolute Gasteiger partial charge is 0.481 e. The Hall–Kier alpha value is -1.40. The Morgan fingerprint density at radius 1 is 1.35 bits per heavy atom. The van der Waals surface area contributed by atoms with Gasteiger partial charge >= 0.3 is 5.97 Å². The van der Waals surface area contributed by atoms with Gasteiger partial charge in [-0.1, -0.05) is 18.2 Å². The number of benzene rings is 1. The zero-order valence-corrected chi connectivity index (χ0v) is 12.0. The van der Waals surface area contributed by atoms with E-state index < -0.39 is 27.1 Å². The van der Waals surface area contributed by atoms with Gasteiger partial charge in [-0.25, -0.2) is 8.42 Å². The third kappa shape index (κ3) is 1.78. The third-order valence-corrected chi connectivity index (χ3v) is 6.92. The number of sulfone groups is 1. The first-order valence-electron chi connectivity index (χ1n) is 6.62. The maximum atomic E-state index is 12.7. The van der Waals surface area contributed by atoms with E-state index in [1.54, 1.807) is 25.1 Å². The number of aryl methyl sites for hydroxylation is 1. The molecule has 1 saturated carbocycles. The fourth-order valence-electron chi connectivity index (χ4n) is 3.37. The minimum absolute atomic E-state index is 0.343. The van der Waals surface area contributed by atoms with Gasteiger partial charge in [-0.3, -0.25) is 10.1 Å². The molecule has 3 rings (SSSR count). The number of carbonyl (C=O) groups is 1. The molecule has 1 aliphatic heterocycles. The van der Waals surface area contributed by atoms with Crippen LogP contribution in [0.3, 0.4) is 0 Å². The molecule has 0 amide bonds. The van der Waals surface area contributed by atoms with Crippen LogP contribution in [0, 0.1) is 18.3 Å². The van der Waals surface area contributed by atoms with Crippen LogP contribution in [-0.4, -0.2) is 31.4 Å². The van der Waals surface area contributed by atoms with Crippen molar-refractivity contribution in [3.8, 4) is 0 Å². The summed E-state index contributed by atoms with van der Waals surface area (Å²) in [6.07, 6.45) is 0.899. The van der Waals surface area contributed by atoms with Crippen LogP contribution >= 0.6 is 0 Å². The van der Waals surface area contributed by atoms with Gasteiger partial charge in [-0.15, -0.1) is 0 Å². The van der Waals surface area contributed by atoms with Crippen molar-refractivity contribution in [2.24, 2.45) is 11.3 Å². The summed E-state index contributed by atoms with van der Waals surface area (Å²) in [6.45, 7) is 2.37. The highest BCUT2D eigenvalue weighted by atomic mass is 32.2. The molecule has 0 bridgehead atoms. The number of hydrogen-bond acceptors (Lipinski definition) is 4. The van der Waals surface area contributed by atoms with E-state index in [1.807, 2.05) is 6.07 Å². The lowest BCUT2D eigenvalue weighted by Crippen LogP contribution is -2.71. The molecule has 1 saturated heterocycles. The minimum atomic E-state index is -3.45. The number of carboxylic acid groups (broad SMARTS) is 1. The Balaban J connectivity index is 1.87. The first kappa shape index (κ1) is 13.6. The molecule has 1 aromatic rings. The Kier molecular flexibility index (Phi) is 2.92. The lowest BCUT2D eigenvalue weighted by molar-refractivity contribution is -0.153. The summed E-state index contributed by atoms with van der Waals surface area (Å²) in [5, 5.41) is 11.3. The van der Waals surface area contributed by atoms with Crippen molar-refractivity contribution in [2.75, 3.05) is 6.54 Å². The monoisotopic (exact) mass is 295 g/mol. The second-order valence-electron chi connectivity index (χ2n) is 5.88. The summed E-state index contributed by atoms with van der Waals surface area (Å²) < 4.78 is 25.4. The summed E-state index contributed by atoms with van der Waals surface area (Å²) >= 11 is 0. The van der Waals surface area contributed by atoms with E-state index in [0.29, 0.717) is 24.3 Å². The Bertz CT molecular complexity index is 662. The van der Waals surface area contributed by atoms with Crippen molar-refractivity contribution in [1.82, 2.24) is 5.32 Å². The first-order chi connectivity index (χ1) is 9.37. The standard InChI is InChI=1S/C14H17NO4S/c1-9-4-2-3-5-11(9)20(18,19)13-14(8-15-13)6-10(7-14)12(16)17/h2-5,10,13,15H,6-8H2,1H3,(H,16,17). The van der Waals surface area contributed by atoms with Crippen LogP contribution in [0.1, 0.15) is 18.4 Å². The Morgan fingerprint density at radius 2 is 2.00 bits per heavy atom. The second kappa shape index (κ2) is 4.30. The molecule has 1 atom stereocenters. The van der Waals surface area contributed by atoms with Gasteiger partial charge in [-0.2, -0.15) is 0 Å². The van der Waals surface area contributed by atoms with Gasteiger partial charge in [0, 0.05) is 12.0 Å². The molecule has 20 heavy (non-hydrogen) atoms. The number of carboxylic acids is 1. The molecule has 1 heterocycles. The molecule has 1 aliphatic carbocycles. The van der Waals surface area contributed by atoms with E-state index in [0.717, 1.165) is 5.56 Å². The number of nitrogens with one attached hydrogen (secondary N) is 1. The van der Waals surface area contributed by atoms with Gasteiger partial charge in [0.25, 0.3) is 0 Å². The molecule has 1 aromatic carbocycles. The van der Waals surface area contributed by atoms with E-state index in [-0.39, 0.29) is 5.41 Å². The Morgan fingerprint density at radius 3 is 2.50 bits per heavy atom. The molecule has 2 aliphatic rings. The lowest BCUT2D eigenvalue weighted by Gasteiger charge is -2.57. The topological polar surface area (TPSA) is 83.5 Å². The molecule has 0 aromatic heterocycles. The molecule has 1 spiro atoms. The van der Waals surface area contributed by atoms with Crippen LogP contribution in [0.15, 0.2) is 29.2 Å². The second-order valence-corrected chi connectivity index (χ2v) is 7.88. The lowest BCUT2D eigenvalue weighted by atomic mass is 9.58. The SMILES string of the molecule is Cc1ccccc1S(=O)(=O)C1NCC12CC(C(=O)O)C2. The average molecular weight is 295 g/mol. The minimum Gasteiger partial charge on any atom is -0.481 e. The third-order valence-electron chi connectivity index (χ3n) is 4.56. The van der Waals surface area contributed by atoms with E-state index in [2.05, 4.69) is 5.32 Å². The fraction of sp³-hybridized carbons (Fsp3) is 0.500. The molecule has 5 nitrogen and oxygen atoms in total. The molecule has 0 radical (unpaired) electrons. The number of hydrogen-bond donors (Lipinski definition) is 2. The maximum absolute atomic E-state index is 12.7. The van der Waals surface area contributed by atoms with Crippen LogP contribution < -0.4 is 5.32 Å². The van der Waals surface area contributed by atoms with Crippen LogP contribution in [0.25, 0.3) is 0 Å². The van der Waals surface area contributed by atoms with Crippen molar-refractivity contribution in [3.05, 3.63) is 29.8 Å². The molecular formula is C14H17NO4S. The summed E-state index contributed by atoms with van der Waals surface area (Å²) in [7, 11) is -3.45. The van der Waals surface area contributed by atoms with Crippen LogP contribution in [0.2, 0.25) is 0 Å². The van der Waals surface area contributed by atoms with Crippen molar-refractivity contribution in [2.45, 2.75) is 30.0 Å². The molecule has 6 heteroatoms. The zero-order valence-electron chi connectivity index (χ0n) is 11.2. The van der Waals surface area contributed by atoms with Gasteiger partial charge in [0.1, 0.15) is 5.37 Å². The molecule has 1 unspecified atom stereocenters. The highest BCUT2D eigenvalue weighted by molar-refractivity contribution is 7.92. The van der Waals surface area contributed by atoms with Crippen molar-refractivity contribution >= 4 is 15.8 Å². The zero-order chi connectivity index (χ0) is 14.5. The summed E-state index contributed by atoms with van der Waals surface area (Å²) in [5.41, 5.74) is 0.343. The fourth-order valence-corrected chi connectivity index (χ4v) is 5.65. The maximum Gasteiger partial charge on any atom is 0.306 e. The predicted octanol–water partition coefficient (Wildman–Crippen LogP) is 1.18. The smallest absolute Gasteiger partial charge is 0.306 e. The van der Waals surface area contributed by atoms with E-state index >= 15 is 0 Å². The van der Waals surface area contributed by atoms with Crippen molar-refractivity contribution < 1.29 is 18.3 Å². The summed E-state index contributed by atoms with van der Waals surface area (Å²) in [6, 6.07) is 6.92. The van der Waals surface area contributed by atoms with Crippen LogP contribution in [0.5, 0.6) is 0 Å². The molecule has 2 N–H and O–H groups in total. The quantitative estimate of drug-likeness (QED) is 0.875. The van der Waals surface area contributed by atoms with E-state index in [1.165, 1.54) is 0 Å². The average Bonchev–Trinajstić information content (AvgIpc) is 2.24. The van der Waals surface area contributed by atoms with Gasteiger partial charge in [-0.05, 0) is 31.4 Å². The molecular weight excluding hydrogens is 278 g/mol. The highest BCUT2D eigenvalue weighted by Crippen LogP contribution is 2.54. The van der Waals surface area contributed by atoms with E-state index in [4.69, 9.17) is 5.11 Å². The van der Waals surface area contributed by atoms with Crippen LogP contribution in [-0.2, 0) is 14.6 Å².